The molecule has 0 aliphatic heterocycles. The molecule has 160 valence electrons. The Morgan fingerprint density at radius 2 is 0.867 bits per heavy atom. The lowest BCUT2D eigenvalue weighted by Crippen LogP contribution is -2.32. The van der Waals surface area contributed by atoms with Crippen molar-refractivity contribution >= 4 is 23.3 Å². The molecule has 2 rings (SSSR count). The fourth-order valence-electron chi connectivity index (χ4n) is 1.69. The molecule has 0 fully saturated rings. The molecule has 0 spiro atoms. The monoisotopic (exact) mass is 430 g/mol. The quantitative estimate of drug-likeness (QED) is 0.328. The maximum absolute atomic E-state index is 12.0. The van der Waals surface area contributed by atoms with Crippen molar-refractivity contribution in [3.8, 4) is 0 Å². The highest BCUT2D eigenvalue weighted by Crippen LogP contribution is 2.16. The number of halogens is 6. The molecule has 0 amide bonds. The molecular weight excluding hydrogens is 414 g/mol. The molecule has 6 nitrogen and oxygen atoms in total. The molecule has 6 N–H and O–H groups in total. The van der Waals surface area contributed by atoms with E-state index in [9.17, 15) is 26.3 Å². The minimum atomic E-state index is -4.69. The predicted octanol–water partition coefficient (Wildman–Crippen LogP) is 3.86. The van der Waals surface area contributed by atoms with Crippen LogP contribution in [0.4, 0.5) is 26.3 Å². The number of nitrogens with zero attached hydrogens (tertiary/aromatic N) is 2. The third kappa shape index (κ3) is 8.12. The smallest absolute Gasteiger partial charge is 0.380 e. The van der Waals surface area contributed by atoms with Crippen LogP contribution in [0.1, 0.15) is 11.1 Å². The molecule has 0 aliphatic carbocycles. The van der Waals surface area contributed by atoms with Crippen molar-refractivity contribution in [2.45, 2.75) is 12.4 Å². The minimum absolute atomic E-state index is 0.282. The molecule has 0 heterocycles. The molecular formula is C18H16F6N6. The second kappa shape index (κ2) is 10.2. The first kappa shape index (κ1) is 24.3. The number of hydrogen-bond donors (Lipinski definition) is 4. The first-order valence-corrected chi connectivity index (χ1v) is 7.93. The van der Waals surface area contributed by atoms with Gasteiger partial charge < -0.3 is 11.5 Å². The van der Waals surface area contributed by atoms with Crippen molar-refractivity contribution in [2.75, 3.05) is 0 Å². The molecule has 0 radical (unpaired) electrons. The van der Waals surface area contributed by atoms with Gasteiger partial charge in [0.2, 0.25) is 11.7 Å². The van der Waals surface area contributed by atoms with Crippen LogP contribution in [0.25, 0.3) is 0 Å². The van der Waals surface area contributed by atoms with Gasteiger partial charge in [-0.25, -0.2) is 9.98 Å². The van der Waals surface area contributed by atoms with Crippen LogP contribution < -0.4 is 11.5 Å². The number of nitrogens with two attached hydrogens (primary N) is 2. The van der Waals surface area contributed by atoms with Crippen molar-refractivity contribution in [1.82, 2.24) is 0 Å². The van der Waals surface area contributed by atoms with Gasteiger partial charge in [-0.05, 0) is 0 Å². The fourth-order valence-corrected chi connectivity index (χ4v) is 1.69. The highest BCUT2D eigenvalue weighted by Gasteiger charge is 2.34. The van der Waals surface area contributed by atoms with Gasteiger partial charge in [0.15, 0.2) is 11.7 Å². The zero-order chi connectivity index (χ0) is 22.9. The Labute approximate surface area is 167 Å². The van der Waals surface area contributed by atoms with Crippen molar-refractivity contribution < 1.29 is 26.3 Å². The first-order valence-electron chi connectivity index (χ1n) is 7.93. The van der Waals surface area contributed by atoms with Crippen LogP contribution in [0.3, 0.4) is 0 Å². The van der Waals surface area contributed by atoms with Gasteiger partial charge in [-0.1, -0.05) is 60.7 Å². The van der Waals surface area contributed by atoms with E-state index in [1.807, 2.05) is 0 Å². The molecule has 0 atom stereocenters. The summed E-state index contributed by atoms with van der Waals surface area (Å²) in [6.45, 7) is 0. The zero-order valence-corrected chi connectivity index (χ0v) is 15.1. The number of hydrogen-bond acceptors (Lipinski definition) is 2. The van der Waals surface area contributed by atoms with Crippen LogP contribution in [0.15, 0.2) is 70.6 Å². The summed E-state index contributed by atoms with van der Waals surface area (Å²) >= 11 is 0. The minimum Gasteiger partial charge on any atom is -0.380 e. The lowest BCUT2D eigenvalue weighted by molar-refractivity contribution is -0.0605. The molecule has 0 saturated carbocycles. The Balaban J connectivity index is 0.000000300. The second-order valence-corrected chi connectivity index (χ2v) is 5.42. The Kier molecular flexibility index (Phi) is 8.26. The first-order chi connectivity index (χ1) is 13.8. The zero-order valence-electron chi connectivity index (χ0n) is 15.1. The topological polar surface area (TPSA) is 124 Å². The molecule has 2 aromatic carbocycles. The molecule has 30 heavy (non-hydrogen) atoms. The number of alkyl halides is 6. The van der Waals surface area contributed by atoms with E-state index in [0.29, 0.717) is 0 Å². The molecule has 2 aromatic rings. The molecule has 0 bridgehead atoms. The highest BCUT2D eigenvalue weighted by molar-refractivity contribution is 6.06. The van der Waals surface area contributed by atoms with E-state index in [-0.39, 0.29) is 11.1 Å². The van der Waals surface area contributed by atoms with Gasteiger partial charge in [-0.2, -0.15) is 26.3 Å². The number of rotatable bonds is 2. The van der Waals surface area contributed by atoms with Crippen molar-refractivity contribution in [2.24, 2.45) is 21.5 Å². The number of nitrogens with one attached hydrogen (secondary N) is 2. The Morgan fingerprint density at radius 3 is 1.10 bits per heavy atom. The summed E-state index contributed by atoms with van der Waals surface area (Å²) in [6.07, 6.45) is -9.39. The highest BCUT2D eigenvalue weighted by atomic mass is 19.4. The molecule has 12 heteroatoms. The number of aliphatic imine (C=N–C) groups is 2. The third-order valence-electron chi connectivity index (χ3n) is 3.14. The second-order valence-electron chi connectivity index (χ2n) is 5.42. The lowest BCUT2D eigenvalue weighted by atomic mass is 10.2. The molecule has 0 aliphatic rings. The van der Waals surface area contributed by atoms with E-state index >= 15 is 0 Å². The van der Waals surface area contributed by atoms with Crippen LogP contribution >= 0.6 is 0 Å². The number of amidine groups is 4. The average Bonchev–Trinajstić information content (AvgIpc) is 2.68. The van der Waals surface area contributed by atoms with E-state index in [1.54, 1.807) is 36.4 Å². The summed E-state index contributed by atoms with van der Waals surface area (Å²) in [5.74, 6) is -4.05. The summed E-state index contributed by atoms with van der Waals surface area (Å²) in [7, 11) is 0. The summed E-state index contributed by atoms with van der Waals surface area (Å²) in [6, 6.07) is 15.7. The number of benzene rings is 2. The maximum atomic E-state index is 12.0. The van der Waals surface area contributed by atoms with E-state index in [2.05, 4.69) is 21.5 Å². The molecule has 0 aromatic heterocycles. The van der Waals surface area contributed by atoms with E-state index in [0.717, 1.165) is 0 Å². The summed E-state index contributed by atoms with van der Waals surface area (Å²) in [5, 5.41) is 14.5. The van der Waals surface area contributed by atoms with Gasteiger partial charge in [0.05, 0.1) is 0 Å². The fraction of sp³-hybridized carbons (Fsp3) is 0.111. The molecule has 0 unspecified atom stereocenters. The van der Waals surface area contributed by atoms with Crippen LogP contribution in [0.2, 0.25) is 0 Å². The van der Waals surface area contributed by atoms with Crippen LogP contribution in [-0.4, -0.2) is 35.7 Å². The van der Waals surface area contributed by atoms with Crippen LogP contribution in [0.5, 0.6) is 0 Å². The normalized spacial score (nSPS) is 12.6. The maximum Gasteiger partial charge on any atom is 0.449 e. The van der Waals surface area contributed by atoms with Crippen LogP contribution in [-0.2, 0) is 0 Å². The third-order valence-corrected chi connectivity index (χ3v) is 3.14. The van der Waals surface area contributed by atoms with E-state index in [4.69, 9.17) is 10.8 Å². The Hall–Kier alpha value is -3.70. The predicted molar refractivity (Wildman–Crippen MR) is 102 cm³/mol. The van der Waals surface area contributed by atoms with Gasteiger partial charge >= 0.3 is 12.4 Å². The van der Waals surface area contributed by atoms with Crippen molar-refractivity contribution in [1.29, 1.82) is 10.8 Å². The summed E-state index contributed by atoms with van der Waals surface area (Å²) in [5.41, 5.74) is 9.91. The Bertz CT molecular complexity index is 840. The van der Waals surface area contributed by atoms with Crippen LogP contribution in [0, 0.1) is 10.8 Å². The van der Waals surface area contributed by atoms with E-state index < -0.39 is 35.7 Å². The Morgan fingerprint density at radius 1 is 0.600 bits per heavy atom. The van der Waals surface area contributed by atoms with Gasteiger partial charge in [-0.3, -0.25) is 10.8 Å². The lowest BCUT2D eigenvalue weighted by Gasteiger charge is -2.05. The van der Waals surface area contributed by atoms with Crippen molar-refractivity contribution in [3.05, 3.63) is 71.8 Å². The molecule has 0 saturated heterocycles. The summed E-state index contributed by atoms with van der Waals surface area (Å²) in [4.78, 5) is 5.94. The van der Waals surface area contributed by atoms with Gasteiger partial charge in [0.1, 0.15) is 0 Å². The average molecular weight is 430 g/mol. The van der Waals surface area contributed by atoms with Crippen molar-refractivity contribution in [3.63, 3.8) is 0 Å². The van der Waals surface area contributed by atoms with E-state index in [1.165, 1.54) is 24.3 Å². The van der Waals surface area contributed by atoms with Gasteiger partial charge in [-0.15, -0.1) is 0 Å². The SMILES string of the molecule is N=C(N=C(N)C(F)(F)F)c1ccccc1.N=C(N=C(N)C(F)(F)F)c1ccccc1. The summed E-state index contributed by atoms with van der Waals surface area (Å²) < 4.78 is 71.8. The standard InChI is InChI=1S/2C9H8F3N3/c2*10-9(11,12)8(14)15-7(13)6-4-2-1-3-5-6/h2*1-5H,(H3,13,14,15). The van der Waals surface area contributed by atoms with Gasteiger partial charge in [0.25, 0.3) is 0 Å². The largest absolute Gasteiger partial charge is 0.449 e. The van der Waals surface area contributed by atoms with Gasteiger partial charge in [0, 0.05) is 11.1 Å².